The maximum atomic E-state index is 12.6. The van der Waals surface area contributed by atoms with E-state index in [1.807, 2.05) is 50.2 Å². The molecule has 9 heteroatoms. The van der Waals surface area contributed by atoms with E-state index in [0.29, 0.717) is 43.1 Å². The summed E-state index contributed by atoms with van der Waals surface area (Å²) in [5.74, 6) is 1.88. The molecule has 0 bridgehead atoms. The second-order valence-corrected chi connectivity index (χ2v) is 8.87. The molecule has 0 amide bonds. The van der Waals surface area contributed by atoms with Gasteiger partial charge in [-0.3, -0.25) is 4.57 Å². The van der Waals surface area contributed by atoms with Crippen molar-refractivity contribution in [2.24, 2.45) is 0 Å². The fourth-order valence-corrected chi connectivity index (χ4v) is 4.85. The molecule has 1 N–H and O–H groups in total. The fourth-order valence-electron chi connectivity index (χ4n) is 3.20. The quantitative estimate of drug-likeness (QED) is 0.403. The Hall–Kier alpha value is -2.67. The molecule has 3 rings (SSSR count). The summed E-state index contributed by atoms with van der Waals surface area (Å²) in [6.45, 7) is 4.36. The van der Waals surface area contributed by atoms with Crippen molar-refractivity contribution in [3.05, 3.63) is 48.3 Å². The van der Waals surface area contributed by atoms with Gasteiger partial charge in [0.15, 0.2) is 11.5 Å². The van der Waals surface area contributed by atoms with Crippen LogP contribution in [-0.2, 0) is 20.0 Å². The highest BCUT2D eigenvalue weighted by atomic mass is 31.2. The van der Waals surface area contributed by atoms with E-state index in [1.54, 1.807) is 14.2 Å². The van der Waals surface area contributed by atoms with Gasteiger partial charge in [-0.25, -0.2) is 9.97 Å². The first-order valence-corrected chi connectivity index (χ1v) is 11.9. The molecule has 0 fully saturated rings. The monoisotopic (exact) mass is 445 g/mol. The van der Waals surface area contributed by atoms with Crippen LogP contribution < -0.4 is 14.8 Å². The van der Waals surface area contributed by atoms with E-state index in [2.05, 4.69) is 15.3 Å². The third-order valence-electron chi connectivity index (χ3n) is 4.68. The van der Waals surface area contributed by atoms with Gasteiger partial charge < -0.3 is 23.8 Å². The highest BCUT2D eigenvalue weighted by Crippen LogP contribution is 2.48. The third-order valence-corrected chi connectivity index (χ3v) is 6.76. The van der Waals surface area contributed by atoms with Crippen molar-refractivity contribution in [1.82, 2.24) is 9.97 Å². The van der Waals surface area contributed by atoms with Crippen LogP contribution in [0.2, 0.25) is 0 Å². The number of methoxy groups -OCH3 is 2. The first-order chi connectivity index (χ1) is 15.0. The lowest BCUT2D eigenvalue weighted by atomic mass is 10.1. The summed E-state index contributed by atoms with van der Waals surface area (Å²) >= 11 is 0. The van der Waals surface area contributed by atoms with Gasteiger partial charge in [-0.15, -0.1) is 0 Å². The number of aryl methyl sites for hydroxylation is 1. The van der Waals surface area contributed by atoms with Gasteiger partial charge in [0.25, 0.3) is 0 Å². The number of ether oxygens (including phenoxy) is 2. The number of benzene rings is 2. The molecule has 0 aliphatic rings. The summed E-state index contributed by atoms with van der Waals surface area (Å²) in [5, 5.41) is 4.14. The predicted molar refractivity (Wildman–Crippen MR) is 122 cm³/mol. The standard InChI is InChI=1S/C22H28N3O5P/c1-5-29-31(26,30-6-2)12-11-16-7-9-17(10-8-16)25-22-18-13-20(27-3)21(28-4)14-19(18)23-15-24-22/h7-10,13-15H,5-6,11-12H2,1-4H3,(H,23,24,25). The summed E-state index contributed by atoms with van der Waals surface area (Å²) in [6.07, 6.45) is 2.45. The molecule has 166 valence electrons. The van der Waals surface area contributed by atoms with Crippen LogP contribution in [0, 0.1) is 0 Å². The maximum Gasteiger partial charge on any atom is 0.330 e. The Morgan fingerprint density at radius 2 is 1.58 bits per heavy atom. The number of hydrogen-bond donors (Lipinski definition) is 1. The Morgan fingerprint density at radius 3 is 2.19 bits per heavy atom. The van der Waals surface area contributed by atoms with Crippen LogP contribution in [0.3, 0.4) is 0 Å². The third kappa shape index (κ3) is 5.73. The second kappa shape index (κ2) is 10.6. The molecule has 0 unspecified atom stereocenters. The van der Waals surface area contributed by atoms with Crippen molar-refractivity contribution < 1.29 is 23.1 Å². The number of fused-ring (bicyclic) bond motifs is 1. The number of aromatic nitrogens is 2. The Kier molecular flexibility index (Phi) is 7.85. The minimum atomic E-state index is -3.05. The minimum absolute atomic E-state index is 0.347. The second-order valence-electron chi connectivity index (χ2n) is 6.69. The zero-order valence-corrected chi connectivity index (χ0v) is 19.1. The normalized spacial score (nSPS) is 11.5. The summed E-state index contributed by atoms with van der Waals surface area (Å²) < 4.78 is 34.1. The minimum Gasteiger partial charge on any atom is -0.493 e. The lowest BCUT2D eigenvalue weighted by molar-refractivity contribution is 0.220. The molecule has 8 nitrogen and oxygen atoms in total. The Labute approximate surface area is 182 Å². The van der Waals surface area contributed by atoms with E-state index in [9.17, 15) is 4.57 Å². The smallest absolute Gasteiger partial charge is 0.330 e. The molecule has 0 radical (unpaired) electrons. The van der Waals surface area contributed by atoms with Crippen LogP contribution in [-0.4, -0.2) is 43.6 Å². The topological polar surface area (TPSA) is 91.8 Å². The van der Waals surface area contributed by atoms with Gasteiger partial charge in [-0.05, 0) is 44.0 Å². The molecule has 31 heavy (non-hydrogen) atoms. The SMILES string of the molecule is CCOP(=O)(CCc1ccc(Nc2ncnc3cc(OC)c(OC)cc23)cc1)OCC. The Morgan fingerprint density at radius 1 is 0.935 bits per heavy atom. The van der Waals surface area contributed by atoms with E-state index in [1.165, 1.54) is 6.33 Å². The largest absolute Gasteiger partial charge is 0.493 e. The van der Waals surface area contributed by atoms with Crippen LogP contribution in [0.4, 0.5) is 11.5 Å². The van der Waals surface area contributed by atoms with Crippen LogP contribution in [0.25, 0.3) is 10.9 Å². The number of anilines is 2. The number of nitrogens with zero attached hydrogens (tertiary/aromatic N) is 2. The Balaban J connectivity index is 1.75. The summed E-state index contributed by atoms with van der Waals surface area (Å²) in [6, 6.07) is 11.5. The average Bonchev–Trinajstić information content (AvgIpc) is 2.78. The molecule has 3 aromatic rings. The van der Waals surface area contributed by atoms with Gasteiger partial charge in [0.05, 0.1) is 39.1 Å². The molecule has 0 saturated carbocycles. The molecular weight excluding hydrogens is 417 g/mol. The van der Waals surface area contributed by atoms with Crippen LogP contribution in [0.5, 0.6) is 11.5 Å². The predicted octanol–water partition coefficient (Wildman–Crippen LogP) is 5.20. The van der Waals surface area contributed by atoms with Crippen molar-refractivity contribution in [2.75, 3.05) is 38.9 Å². The van der Waals surface area contributed by atoms with Crippen molar-refractivity contribution in [3.8, 4) is 11.5 Å². The first kappa shape index (κ1) is 23.0. The van der Waals surface area contributed by atoms with E-state index < -0.39 is 7.60 Å². The molecule has 1 heterocycles. The number of hydrogen-bond acceptors (Lipinski definition) is 8. The van der Waals surface area contributed by atoms with Crippen molar-refractivity contribution >= 4 is 30.0 Å². The van der Waals surface area contributed by atoms with Gasteiger partial charge in [0, 0.05) is 17.1 Å². The Bertz CT molecular complexity index is 1050. The first-order valence-electron chi connectivity index (χ1n) is 10.1. The molecule has 0 spiro atoms. The number of rotatable bonds is 11. The van der Waals surface area contributed by atoms with Crippen molar-refractivity contribution in [2.45, 2.75) is 20.3 Å². The van der Waals surface area contributed by atoms with Crippen molar-refractivity contribution in [1.29, 1.82) is 0 Å². The van der Waals surface area contributed by atoms with E-state index in [4.69, 9.17) is 18.5 Å². The van der Waals surface area contributed by atoms with Crippen LogP contribution in [0.15, 0.2) is 42.7 Å². The van der Waals surface area contributed by atoms with Gasteiger partial charge in [-0.1, -0.05) is 12.1 Å². The summed E-state index contributed by atoms with van der Waals surface area (Å²) in [4.78, 5) is 8.70. The number of nitrogens with one attached hydrogen (secondary N) is 1. The molecule has 0 atom stereocenters. The van der Waals surface area contributed by atoms with E-state index in [0.717, 1.165) is 22.2 Å². The lowest BCUT2D eigenvalue weighted by Crippen LogP contribution is -2.03. The molecule has 2 aromatic carbocycles. The lowest BCUT2D eigenvalue weighted by Gasteiger charge is -2.17. The van der Waals surface area contributed by atoms with Crippen LogP contribution >= 0.6 is 7.60 Å². The van der Waals surface area contributed by atoms with E-state index >= 15 is 0 Å². The molecule has 1 aromatic heterocycles. The zero-order chi connectivity index (χ0) is 22.3. The molecule has 0 saturated heterocycles. The maximum absolute atomic E-state index is 12.6. The highest BCUT2D eigenvalue weighted by molar-refractivity contribution is 7.53. The molecular formula is C22H28N3O5P. The molecule has 0 aliphatic carbocycles. The van der Waals surface area contributed by atoms with Crippen molar-refractivity contribution in [3.63, 3.8) is 0 Å². The van der Waals surface area contributed by atoms with Gasteiger partial charge in [0.1, 0.15) is 12.1 Å². The van der Waals surface area contributed by atoms with Gasteiger partial charge in [0.2, 0.25) is 0 Å². The average molecular weight is 445 g/mol. The summed E-state index contributed by atoms with van der Waals surface area (Å²) in [7, 11) is 0.135. The summed E-state index contributed by atoms with van der Waals surface area (Å²) in [5.41, 5.74) is 2.66. The zero-order valence-electron chi connectivity index (χ0n) is 18.3. The molecule has 0 aliphatic heterocycles. The van der Waals surface area contributed by atoms with E-state index in [-0.39, 0.29) is 0 Å². The highest BCUT2D eigenvalue weighted by Gasteiger charge is 2.22. The fraction of sp³-hybridized carbons (Fsp3) is 0.364. The van der Waals surface area contributed by atoms with Crippen LogP contribution in [0.1, 0.15) is 19.4 Å². The van der Waals surface area contributed by atoms with Gasteiger partial charge in [-0.2, -0.15) is 0 Å². The van der Waals surface area contributed by atoms with Gasteiger partial charge >= 0.3 is 7.60 Å².